The molecule has 0 N–H and O–H groups in total. The molecule has 0 aliphatic carbocycles. The molecule has 1 saturated heterocycles. The number of halogens is 3. The molecule has 0 radical (unpaired) electrons. The largest absolute Gasteiger partial charge is 0.405 e. The SMILES string of the molecule is CC(C)c1nc(S(=O)(=O)N2CCCCC2C(F)(F)F)cn1C. The Labute approximate surface area is 128 Å². The number of piperidine rings is 1. The molecule has 1 aliphatic heterocycles. The second kappa shape index (κ2) is 5.84. The molecule has 1 aromatic rings. The molecule has 0 spiro atoms. The molecule has 1 fully saturated rings. The Balaban J connectivity index is 2.42. The summed E-state index contributed by atoms with van der Waals surface area (Å²) in [5.41, 5.74) is 0. The number of aryl methyl sites for hydroxylation is 1. The summed E-state index contributed by atoms with van der Waals surface area (Å²) in [6, 6.07) is -1.96. The Morgan fingerprint density at radius 1 is 1.32 bits per heavy atom. The van der Waals surface area contributed by atoms with Crippen molar-refractivity contribution in [2.24, 2.45) is 7.05 Å². The third-order valence-corrected chi connectivity index (χ3v) is 5.59. The molecule has 1 aromatic heterocycles. The lowest BCUT2D eigenvalue weighted by Crippen LogP contribution is -2.51. The molecule has 1 aliphatic rings. The molecule has 0 aromatic carbocycles. The average Bonchev–Trinajstić information content (AvgIpc) is 2.81. The molecule has 5 nitrogen and oxygen atoms in total. The van der Waals surface area contributed by atoms with E-state index >= 15 is 0 Å². The van der Waals surface area contributed by atoms with Crippen molar-refractivity contribution in [2.75, 3.05) is 6.54 Å². The van der Waals surface area contributed by atoms with Gasteiger partial charge in [0.2, 0.25) is 0 Å². The number of aromatic nitrogens is 2. The second-order valence-corrected chi connectivity index (χ2v) is 7.71. The van der Waals surface area contributed by atoms with Gasteiger partial charge in [0.15, 0.2) is 5.03 Å². The third kappa shape index (κ3) is 3.15. The van der Waals surface area contributed by atoms with E-state index in [1.807, 2.05) is 13.8 Å². The summed E-state index contributed by atoms with van der Waals surface area (Å²) in [6.45, 7) is 3.57. The number of alkyl halides is 3. The van der Waals surface area contributed by atoms with Crippen LogP contribution in [0.15, 0.2) is 11.2 Å². The standard InChI is InChI=1S/C13H20F3N3O2S/c1-9(2)12-17-11(8-18(12)3)22(20,21)19-7-5-4-6-10(19)13(14,15)16/h8-10H,4-7H2,1-3H3. The van der Waals surface area contributed by atoms with Crippen molar-refractivity contribution < 1.29 is 21.6 Å². The summed E-state index contributed by atoms with van der Waals surface area (Å²) in [5.74, 6) is 0.507. The number of hydrogen-bond acceptors (Lipinski definition) is 3. The minimum absolute atomic E-state index is 0.0197. The maximum Gasteiger partial charge on any atom is 0.405 e. The van der Waals surface area contributed by atoms with Crippen molar-refractivity contribution in [3.63, 3.8) is 0 Å². The molecule has 9 heteroatoms. The Kier molecular flexibility index (Phi) is 4.59. The van der Waals surface area contributed by atoms with Gasteiger partial charge in [-0.15, -0.1) is 0 Å². The minimum Gasteiger partial charge on any atom is -0.336 e. The third-order valence-electron chi connectivity index (χ3n) is 3.81. The number of sulfonamides is 1. The maximum atomic E-state index is 13.1. The molecule has 0 bridgehead atoms. The first kappa shape index (κ1) is 17.3. The van der Waals surface area contributed by atoms with Crippen LogP contribution in [-0.4, -0.2) is 41.0 Å². The first-order valence-electron chi connectivity index (χ1n) is 7.17. The minimum atomic E-state index is -4.57. The van der Waals surface area contributed by atoms with Gasteiger partial charge < -0.3 is 4.57 Å². The number of nitrogens with zero attached hydrogens (tertiary/aromatic N) is 3. The summed E-state index contributed by atoms with van der Waals surface area (Å²) in [7, 11) is -2.61. The van der Waals surface area contributed by atoms with Gasteiger partial charge in [0.25, 0.3) is 10.0 Å². The predicted molar refractivity (Wildman–Crippen MR) is 74.9 cm³/mol. The van der Waals surface area contributed by atoms with Crippen LogP contribution < -0.4 is 0 Å². The van der Waals surface area contributed by atoms with E-state index in [-0.39, 0.29) is 23.9 Å². The van der Waals surface area contributed by atoms with Crippen LogP contribution >= 0.6 is 0 Å². The van der Waals surface area contributed by atoms with E-state index in [0.717, 1.165) is 0 Å². The highest BCUT2D eigenvalue weighted by Crippen LogP contribution is 2.35. The lowest BCUT2D eigenvalue weighted by Gasteiger charge is -2.35. The lowest BCUT2D eigenvalue weighted by atomic mass is 10.1. The fourth-order valence-electron chi connectivity index (χ4n) is 2.75. The van der Waals surface area contributed by atoms with E-state index in [4.69, 9.17) is 0 Å². The van der Waals surface area contributed by atoms with E-state index in [0.29, 0.717) is 23.0 Å². The molecule has 22 heavy (non-hydrogen) atoms. The Bertz CT molecular complexity index is 637. The second-order valence-electron chi connectivity index (χ2n) is 5.87. The van der Waals surface area contributed by atoms with Crippen LogP contribution in [0.2, 0.25) is 0 Å². The summed E-state index contributed by atoms with van der Waals surface area (Å²) in [5, 5.41) is -0.310. The fourth-order valence-corrected chi connectivity index (χ4v) is 4.42. The van der Waals surface area contributed by atoms with E-state index < -0.39 is 22.2 Å². The van der Waals surface area contributed by atoms with Crippen molar-refractivity contribution in [3.05, 3.63) is 12.0 Å². The molecular formula is C13H20F3N3O2S. The Morgan fingerprint density at radius 3 is 2.45 bits per heavy atom. The summed E-state index contributed by atoms with van der Waals surface area (Å²) < 4.78 is 66.6. The number of imidazole rings is 1. The zero-order valence-electron chi connectivity index (χ0n) is 12.8. The van der Waals surface area contributed by atoms with Gasteiger partial charge in [-0.25, -0.2) is 13.4 Å². The van der Waals surface area contributed by atoms with Crippen LogP contribution in [0, 0.1) is 0 Å². The highest BCUT2D eigenvalue weighted by atomic mass is 32.2. The first-order chi connectivity index (χ1) is 10.0. The number of hydrogen-bond donors (Lipinski definition) is 0. The van der Waals surface area contributed by atoms with Crippen molar-refractivity contribution in [1.82, 2.24) is 13.9 Å². The van der Waals surface area contributed by atoms with Crippen LogP contribution in [0.4, 0.5) is 13.2 Å². The zero-order chi connectivity index (χ0) is 16.7. The van der Waals surface area contributed by atoms with Gasteiger partial charge in [-0.05, 0) is 12.8 Å². The van der Waals surface area contributed by atoms with Gasteiger partial charge in [0.1, 0.15) is 11.9 Å². The normalized spacial score (nSPS) is 21.5. The quantitative estimate of drug-likeness (QED) is 0.851. The molecule has 1 atom stereocenters. The molecule has 1 unspecified atom stereocenters. The smallest absolute Gasteiger partial charge is 0.336 e. The first-order valence-corrected chi connectivity index (χ1v) is 8.61. The molecular weight excluding hydrogens is 319 g/mol. The molecule has 0 saturated carbocycles. The van der Waals surface area contributed by atoms with Crippen LogP contribution in [-0.2, 0) is 17.1 Å². The molecule has 2 rings (SSSR count). The lowest BCUT2D eigenvalue weighted by molar-refractivity contribution is -0.177. The maximum absolute atomic E-state index is 13.1. The van der Waals surface area contributed by atoms with Crippen molar-refractivity contribution >= 4 is 10.0 Å². The molecule has 126 valence electrons. The van der Waals surface area contributed by atoms with E-state index in [1.165, 1.54) is 6.20 Å². The number of rotatable bonds is 3. The Hall–Kier alpha value is -1.09. The van der Waals surface area contributed by atoms with Crippen molar-refractivity contribution in [3.8, 4) is 0 Å². The van der Waals surface area contributed by atoms with Gasteiger partial charge in [0, 0.05) is 25.7 Å². The Morgan fingerprint density at radius 2 is 1.95 bits per heavy atom. The van der Waals surface area contributed by atoms with Crippen LogP contribution in [0.3, 0.4) is 0 Å². The zero-order valence-corrected chi connectivity index (χ0v) is 13.6. The van der Waals surface area contributed by atoms with Crippen LogP contribution in [0.25, 0.3) is 0 Å². The highest BCUT2D eigenvalue weighted by Gasteiger charge is 2.49. The summed E-state index contributed by atoms with van der Waals surface area (Å²) in [6.07, 6.45) is -2.69. The molecule has 0 amide bonds. The van der Waals surface area contributed by atoms with Crippen molar-refractivity contribution in [1.29, 1.82) is 0 Å². The fraction of sp³-hybridized carbons (Fsp3) is 0.769. The van der Waals surface area contributed by atoms with Gasteiger partial charge in [-0.1, -0.05) is 20.3 Å². The van der Waals surface area contributed by atoms with Crippen LogP contribution in [0.1, 0.15) is 44.9 Å². The predicted octanol–water partition coefficient (Wildman–Crippen LogP) is 2.65. The molecule has 2 heterocycles. The van der Waals surface area contributed by atoms with Gasteiger partial charge in [-0.3, -0.25) is 0 Å². The van der Waals surface area contributed by atoms with Crippen LogP contribution in [0.5, 0.6) is 0 Å². The van der Waals surface area contributed by atoms with Gasteiger partial charge >= 0.3 is 6.18 Å². The topological polar surface area (TPSA) is 55.2 Å². The van der Waals surface area contributed by atoms with E-state index in [2.05, 4.69) is 4.98 Å². The average molecular weight is 339 g/mol. The monoisotopic (exact) mass is 339 g/mol. The van der Waals surface area contributed by atoms with Crippen molar-refractivity contribution in [2.45, 2.75) is 56.3 Å². The highest BCUT2D eigenvalue weighted by molar-refractivity contribution is 7.89. The van der Waals surface area contributed by atoms with Gasteiger partial charge in [-0.2, -0.15) is 17.5 Å². The van der Waals surface area contributed by atoms with E-state index in [1.54, 1.807) is 11.6 Å². The summed E-state index contributed by atoms with van der Waals surface area (Å²) in [4.78, 5) is 4.04. The van der Waals surface area contributed by atoms with E-state index in [9.17, 15) is 21.6 Å². The van der Waals surface area contributed by atoms with Gasteiger partial charge in [0.05, 0.1) is 0 Å². The summed E-state index contributed by atoms with van der Waals surface area (Å²) >= 11 is 0.